The zero-order valence-corrected chi connectivity index (χ0v) is 14.3. The zero-order chi connectivity index (χ0) is 17.3. The lowest BCUT2D eigenvalue weighted by Crippen LogP contribution is -2.42. The van der Waals surface area contributed by atoms with Crippen LogP contribution < -0.4 is 0 Å². The van der Waals surface area contributed by atoms with E-state index in [0.717, 1.165) is 19.4 Å². The van der Waals surface area contributed by atoms with Gasteiger partial charge in [0.2, 0.25) is 17.6 Å². The van der Waals surface area contributed by atoms with Gasteiger partial charge in [0.15, 0.2) is 0 Å². The molecule has 0 bridgehead atoms. The molecule has 5 nitrogen and oxygen atoms in total. The monoisotopic (exact) mass is 331 g/mol. The maximum atomic E-state index is 13.6. The SMILES string of the molecule is Cc1ccc(-c2noc(CCC(=O)N3CCCC3(C)C)n2)cc1F. The summed E-state index contributed by atoms with van der Waals surface area (Å²) in [6, 6.07) is 4.83. The molecule has 6 heteroatoms. The minimum Gasteiger partial charge on any atom is -0.339 e. The number of nitrogens with zero attached hydrogens (tertiary/aromatic N) is 3. The second-order valence-corrected chi connectivity index (χ2v) is 6.94. The van der Waals surface area contributed by atoms with E-state index in [9.17, 15) is 9.18 Å². The summed E-state index contributed by atoms with van der Waals surface area (Å²) in [5, 5.41) is 3.88. The van der Waals surface area contributed by atoms with Crippen molar-refractivity contribution in [3.8, 4) is 11.4 Å². The number of hydrogen-bond acceptors (Lipinski definition) is 4. The number of carbonyl (C=O) groups is 1. The summed E-state index contributed by atoms with van der Waals surface area (Å²) in [5.41, 5.74) is 1.07. The Balaban J connectivity index is 1.64. The Labute approximate surface area is 140 Å². The summed E-state index contributed by atoms with van der Waals surface area (Å²) in [6.07, 6.45) is 2.81. The van der Waals surface area contributed by atoms with Gasteiger partial charge >= 0.3 is 0 Å². The molecule has 2 aromatic rings. The topological polar surface area (TPSA) is 59.2 Å². The Bertz CT molecular complexity index is 754. The molecule has 3 rings (SSSR count). The van der Waals surface area contributed by atoms with E-state index in [1.807, 2.05) is 4.90 Å². The molecule has 0 aliphatic carbocycles. The molecule has 1 aliphatic rings. The molecule has 24 heavy (non-hydrogen) atoms. The summed E-state index contributed by atoms with van der Waals surface area (Å²) < 4.78 is 18.8. The van der Waals surface area contributed by atoms with Crippen LogP contribution in [0.25, 0.3) is 11.4 Å². The maximum absolute atomic E-state index is 13.6. The van der Waals surface area contributed by atoms with E-state index >= 15 is 0 Å². The molecule has 1 aromatic heterocycles. The molecular weight excluding hydrogens is 309 g/mol. The number of aromatic nitrogens is 2. The van der Waals surface area contributed by atoms with Crippen molar-refractivity contribution < 1.29 is 13.7 Å². The number of hydrogen-bond donors (Lipinski definition) is 0. The number of aryl methyl sites for hydroxylation is 2. The van der Waals surface area contributed by atoms with Gasteiger partial charge in [-0.15, -0.1) is 0 Å². The van der Waals surface area contributed by atoms with E-state index in [-0.39, 0.29) is 17.3 Å². The van der Waals surface area contributed by atoms with Gasteiger partial charge in [-0.05, 0) is 45.2 Å². The van der Waals surface area contributed by atoms with Gasteiger partial charge in [0.25, 0.3) is 0 Å². The lowest BCUT2D eigenvalue weighted by atomic mass is 10.0. The van der Waals surface area contributed by atoms with Gasteiger partial charge in [-0.1, -0.05) is 17.3 Å². The first-order chi connectivity index (χ1) is 11.4. The number of likely N-dealkylation sites (tertiary alicyclic amines) is 1. The Morgan fingerprint density at radius 2 is 2.21 bits per heavy atom. The number of amides is 1. The van der Waals surface area contributed by atoms with Crippen molar-refractivity contribution in [3.05, 3.63) is 35.5 Å². The molecule has 0 atom stereocenters. The molecule has 0 saturated carbocycles. The predicted molar refractivity (Wildman–Crippen MR) is 87.8 cm³/mol. The molecule has 128 valence electrons. The van der Waals surface area contributed by atoms with Crippen molar-refractivity contribution in [1.82, 2.24) is 15.0 Å². The van der Waals surface area contributed by atoms with E-state index in [4.69, 9.17) is 4.52 Å². The standard InChI is InChI=1S/C18H22FN3O2/c1-12-5-6-13(11-14(12)19)17-20-15(24-21-17)7-8-16(23)22-10-4-9-18(22,2)3/h5-6,11H,4,7-10H2,1-3H3. The number of benzene rings is 1. The largest absolute Gasteiger partial charge is 0.339 e. The minimum absolute atomic E-state index is 0.0729. The Morgan fingerprint density at radius 1 is 1.42 bits per heavy atom. The molecule has 0 N–H and O–H groups in total. The molecule has 1 aliphatic heterocycles. The van der Waals surface area contributed by atoms with Crippen LogP contribution >= 0.6 is 0 Å². The number of rotatable bonds is 4. The van der Waals surface area contributed by atoms with Crippen molar-refractivity contribution >= 4 is 5.91 Å². The summed E-state index contributed by atoms with van der Waals surface area (Å²) >= 11 is 0. The van der Waals surface area contributed by atoms with Gasteiger partial charge in [-0.2, -0.15) is 4.98 Å². The zero-order valence-electron chi connectivity index (χ0n) is 14.3. The second-order valence-electron chi connectivity index (χ2n) is 6.94. The number of carbonyl (C=O) groups excluding carboxylic acids is 1. The first kappa shape index (κ1) is 16.6. The predicted octanol–water partition coefficient (Wildman–Crippen LogP) is 3.52. The number of halogens is 1. The Morgan fingerprint density at radius 3 is 2.88 bits per heavy atom. The van der Waals surface area contributed by atoms with E-state index in [2.05, 4.69) is 24.0 Å². The average molecular weight is 331 g/mol. The summed E-state index contributed by atoms with van der Waals surface area (Å²) in [7, 11) is 0. The molecule has 1 saturated heterocycles. The minimum atomic E-state index is -0.301. The highest BCUT2D eigenvalue weighted by molar-refractivity contribution is 5.77. The van der Waals surface area contributed by atoms with Gasteiger partial charge in [-0.25, -0.2) is 4.39 Å². The van der Waals surface area contributed by atoms with Crippen LogP contribution in [0, 0.1) is 12.7 Å². The fraction of sp³-hybridized carbons (Fsp3) is 0.500. The third kappa shape index (κ3) is 3.32. The first-order valence-corrected chi connectivity index (χ1v) is 8.26. The maximum Gasteiger partial charge on any atom is 0.227 e. The average Bonchev–Trinajstić information content (AvgIpc) is 3.14. The Kier molecular flexibility index (Phi) is 4.39. The summed E-state index contributed by atoms with van der Waals surface area (Å²) in [6.45, 7) is 6.69. The highest BCUT2D eigenvalue weighted by Crippen LogP contribution is 2.29. The van der Waals surface area contributed by atoms with Crippen molar-refractivity contribution in [2.24, 2.45) is 0 Å². The molecule has 2 heterocycles. The quantitative estimate of drug-likeness (QED) is 0.860. The Hall–Kier alpha value is -2.24. The molecule has 1 amide bonds. The van der Waals surface area contributed by atoms with Gasteiger partial charge in [0.1, 0.15) is 5.82 Å². The first-order valence-electron chi connectivity index (χ1n) is 8.26. The van der Waals surface area contributed by atoms with Gasteiger partial charge in [0.05, 0.1) is 0 Å². The molecular formula is C18H22FN3O2. The van der Waals surface area contributed by atoms with Crippen LogP contribution in [0.4, 0.5) is 4.39 Å². The van der Waals surface area contributed by atoms with Crippen LogP contribution in [0.3, 0.4) is 0 Å². The summed E-state index contributed by atoms with van der Waals surface area (Å²) in [4.78, 5) is 18.6. The smallest absolute Gasteiger partial charge is 0.227 e. The normalized spacial score (nSPS) is 16.6. The van der Waals surface area contributed by atoms with E-state index in [0.29, 0.717) is 35.7 Å². The van der Waals surface area contributed by atoms with Crippen molar-refractivity contribution in [2.45, 2.75) is 52.0 Å². The van der Waals surface area contributed by atoms with Gasteiger partial charge in [0, 0.05) is 30.5 Å². The lowest BCUT2D eigenvalue weighted by molar-refractivity contribution is -0.134. The van der Waals surface area contributed by atoms with Crippen LogP contribution in [0.2, 0.25) is 0 Å². The van der Waals surface area contributed by atoms with E-state index in [1.54, 1.807) is 19.1 Å². The molecule has 0 unspecified atom stereocenters. The van der Waals surface area contributed by atoms with Crippen LogP contribution in [-0.4, -0.2) is 33.0 Å². The fourth-order valence-corrected chi connectivity index (χ4v) is 3.12. The van der Waals surface area contributed by atoms with Crippen LogP contribution in [0.1, 0.15) is 44.6 Å². The molecule has 0 radical (unpaired) electrons. The summed E-state index contributed by atoms with van der Waals surface area (Å²) in [5.74, 6) is 0.554. The van der Waals surface area contributed by atoms with E-state index < -0.39 is 0 Å². The highest BCUT2D eigenvalue weighted by Gasteiger charge is 2.35. The fourth-order valence-electron chi connectivity index (χ4n) is 3.12. The van der Waals surface area contributed by atoms with Gasteiger partial charge < -0.3 is 9.42 Å². The van der Waals surface area contributed by atoms with Crippen LogP contribution in [-0.2, 0) is 11.2 Å². The van der Waals surface area contributed by atoms with Crippen molar-refractivity contribution in [1.29, 1.82) is 0 Å². The van der Waals surface area contributed by atoms with Crippen molar-refractivity contribution in [2.75, 3.05) is 6.54 Å². The third-order valence-corrected chi connectivity index (χ3v) is 4.65. The molecule has 1 fully saturated rings. The second kappa shape index (κ2) is 6.34. The molecule has 0 spiro atoms. The highest BCUT2D eigenvalue weighted by atomic mass is 19.1. The van der Waals surface area contributed by atoms with Crippen LogP contribution in [0.5, 0.6) is 0 Å². The van der Waals surface area contributed by atoms with Gasteiger partial charge in [-0.3, -0.25) is 4.79 Å². The van der Waals surface area contributed by atoms with Crippen LogP contribution in [0.15, 0.2) is 22.7 Å². The molecule has 1 aromatic carbocycles. The third-order valence-electron chi connectivity index (χ3n) is 4.65. The van der Waals surface area contributed by atoms with E-state index in [1.165, 1.54) is 6.07 Å². The lowest BCUT2D eigenvalue weighted by Gasteiger charge is -2.31. The van der Waals surface area contributed by atoms with Crippen molar-refractivity contribution in [3.63, 3.8) is 0 Å².